The first kappa shape index (κ1) is 22.9. The number of nitrogens with zero attached hydrogens (tertiary/aromatic N) is 6. The summed E-state index contributed by atoms with van der Waals surface area (Å²) >= 11 is 0. The Kier molecular flexibility index (Phi) is 10.8. The molecule has 0 amide bonds. The van der Waals surface area contributed by atoms with Crippen LogP contribution in [0.3, 0.4) is 0 Å². The maximum Gasteiger partial charge on any atom is 0.155 e. The van der Waals surface area contributed by atoms with Crippen LogP contribution in [0.4, 0.5) is 0 Å². The molecule has 0 spiro atoms. The fraction of sp³-hybridized carbons (Fsp3) is 0.118. The first-order chi connectivity index (χ1) is 12.1. The Morgan fingerprint density at radius 1 is 1.04 bits per heavy atom. The van der Waals surface area contributed by atoms with Crippen molar-refractivity contribution in [1.82, 2.24) is 24.5 Å². The van der Waals surface area contributed by atoms with E-state index >= 15 is 0 Å². The fourth-order valence-electron chi connectivity index (χ4n) is 1.77. The summed E-state index contributed by atoms with van der Waals surface area (Å²) in [6, 6.07) is 9.46. The third-order valence-corrected chi connectivity index (χ3v) is 2.61. The first-order valence-corrected chi connectivity index (χ1v) is 7.13. The molecule has 0 fully saturated rings. The zero-order chi connectivity index (χ0) is 18.7. The summed E-state index contributed by atoms with van der Waals surface area (Å²) in [6.45, 7) is 7.60. The van der Waals surface area contributed by atoms with E-state index in [0.29, 0.717) is 0 Å². The first-order valence-electron chi connectivity index (χ1n) is 7.13. The van der Waals surface area contributed by atoms with Gasteiger partial charge in [-0.05, 0) is 38.1 Å². The van der Waals surface area contributed by atoms with Crippen molar-refractivity contribution in [1.29, 1.82) is 5.26 Å². The van der Waals surface area contributed by atoms with E-state index in [-0.39, 0.29) is 31.6 Å². The van der Waals surface area contributed by atoms with Gasteiger partial charge in [0.2, 0.25) is 0 Å². The van der Waals surface area contributed by atoms with Gasteiger partial charge in [0.15, 0.2) is 17.4 Å². The summed E-state index contributed by atoms with van der Waals surface area (Å²) in [5.41, 5.74) is 0. The number of pyridine rings is 1. The maximum atomic E-state index is 10.0. The van der Waals surface area contributed by atoms with Gasteiger partial charge in [-0.25, -0.2) is 14.3 Å². The Morgan fingerprint density at radius 2 is 1.50 bits per heavy atom. The van der Waals surface area contributed by atoms with Crippen LogP contribution in [0.1, 0.15) is 13.8 Å². The number of hydrogen-bond donors (Lipinski definition) is 1. The minimum Gasteiger partial charge on any atom is -0.512 e. The molecule has 8 nitrogen and oxygen atoms in total. The molecular formula is C17H17IrN6O2-. The third-order valence-electron chi connectivity index (χ3n) is 2.61. The number of aliphatic hydroxyl groups excluding tert-OH is 1. The summed E-state index contributed by atoms with van der Waals surface area (Å²) in [6.07, 6.45) is 8.33. The van der Waals surface area contributed by atoms with Gasteiger partial charge in [-0.2, -0.15) is 10.2 Å². The van der Waals surface area contributed by atoms with E-state index in [4.69, 9.17) is 16.9 Å². The molecule has 26 heavy (non-hydrogen) atoms. The molecule has 3 heterocycles. The second-order valence-corrected chi connectivity index (χ2v) is 4.65. The van der Waals surface area contributed by atoms with Crippen molar-refractivity contribution in [2.75, 3.05) is 0 Å². The quantitative estimate of drug-likeness (QED) is 0.317. The molecule has 0 aliphatic heterocycles. The van der Waals surface area contributed by atoms with Crippen LogP contribution in [0.25, 0.3) is 11.6 Å². The van der Waals surface area contributed by atoms with Crippen molar-refractivity contribution in [3.63, 3.8) is 0 Å². The molecule has 0 bridgehead atoms. The van der Waals surface area contributed by atoms with Crippen molar-refractivity contribution in [2.45, 2.75) is 13.8 Å². The van der Waals surface area contributed by atoms with E-state index in [9.17, 15) is 4.79 Å². The van der Waals surface area contributed by atoms with E-state index in [1.54, 1.807) is 21.8 Å². The van der Waals surface area contributed by atoms with Crippen LogP contribution >= 0.6 is 0 Å². The molecular weight excluding hydrogens is 512 g/mol. The van der Waals surface area contributed by atoms with Gasteiger partial charge in [-0.1, -0.05) is 6.07 Å². The van der Waals surface area contributed by atoms with Gasteiger partial charge in [-0.15, -0.1) is 0 Å². The van der Waals surface area contributed by atoms with Gasteiger partial charge in [0.05, 0.1) is 5.76 Å². The van der Waals surface area contributed by atoms with Crippen LogP contribution in [-0.4, -0.2) is 35.4 Å². The van der Waals surface area contributed by atoms with E-state index in [0.717, 1.165) is 11.6 Å². The van der Waals surface area contributed by atoms with Crippen LogP contribution in [0.5, 0.6) is 0 Å². The zero-order valence-electron chi connectivity index (χ0n) is 14.1. The average Bonchev–Trinajstić information content (AvgIpc) is 3.30. The van der Waals surface area contributed by atoms with Crippen LogP contribution < -0.4 is 0 Å². The second kappa shape index (κ2) is 12.3. The number of rotatable bonds is 3. The SMILES string of the molecule is CC(=O)/C=C(/C)O.[C-]#N.[Ir].c1cc(-n2cccn2)nc(-n2cccn2)c1. The molecule has 0 atom stereocenters. The summed E-state index contributed by atoms with van der Waals surface area (Å²) in [5.74, 6) is 1.49. The van der Waals surface area contributed by atoms with Gasteiger partial charge in [0.1, 0.15) is 0 Å². The number of aliphatic hydroxyl groups is 1. The van der Waals surface area contributed by atoms with Crippen molar-refractivity contribution >= 4 is 5.78 Å². The molecule has 0 aliphatic rings. The number of carbonyl (C=O) groups is 1. The van der Waals surface area contributed by atoms with Gasteiger partial charge >= 0.3 is 0 Å². The molecule has 0 aromatic carbocycles. The molecule has 3 aromatic heterocycles. The van der Waals surface area contributed by atoms with Gasteiger partial charge in [0, 0.05) is 51.0 Å². The summed E-state index contributed by atoms with van der Waals surface area (Å²) in [4.78, 5) is 14.5. The Hall–Kier alpha value is -3.08. The van der Waals surface area contributed by atoms with Gasteiger partial charge < -0.3 is 16.9 Å². The largest absolute Gasteiger partial charge is 0.512 e. The van der Waals surface area contributed by atoms with Crippen molar-refractivity contribution < 1.29 is 30.0 Å². The Balaban J connectivity index is 0.000000539. The van der Waals surface area contributed by atoms with E-state index < -0.39 is 0 Å². The van der Waals surface area contributed by atoms with Crippen molar-refractivity contribution in [3.8, 4) is 11.6 Å². The minimum atomic E-state index is -0.125. The molecule has 9 heteroatoms. The van der Waals surface area contributed by atoms with Gasteiger partial charge in [-0.3, -0.25) is 4.79 Å². The van der Waals surface area contributed by atoms with Crippen molar-refractivity contribution in [2.24, 2.45) is 0 Å². The monoisotopic (exact) mass is 530 g/mol. The second-order valence-electron chi connectivity index (χ2n) is 4.65. The molecule has 3 rings (SSSR count). The Bertz CT molecular complexity index is 773. The molecule has 0 saturated heterocycles. The van der Waals surface area contributed by atoms with Crippen LogP contribution in [0, 0.1) is 11.8 Å². The maximum absolute atomic E-state index is 10.0. The predicted octanol–water partition coefficient (Wildman–Crippen LogP) is 2.58. The number of allylic oxidation sites excluding steroid dienone is 2. The molecule has 1 radical (unpaired) electrons. The smallest absolute Gasteiger partial charge is 0.155 e. The summed E-state index contributed by atoms with van der Waals surface area (Å²) in [7, 11) is 0. The molecule has 0 saturated carbocycles. The van der Waals surface area contributed by atoms with Crippen LogP contribution in [0.2, 0.25) is 0 Å². The number of carbonyl (C=O) groups excluding carboxylic acids is 1. The van der Waals surface area contributed by atoms with Crippen molar-refractivity contribution in [3.05, 3.63) is 73.5 Å². The third kappa shape index (κ3) is 7.66. The topological polar surface area (TPSA) is 110 Å². The number of hydrogen-bond acceptors (Lipinski definition) is 6. The number of ketones is 1. The summed E-state index contributed by atoms with van der Waals surface area (Å²) < 4.78 is 3.43. The van der Waals surface area contributed by atoms with E-state index in [1.807, 2.05) is 42.7 Å². The minimum absolute atomic E-state index is 0. The molecule has 137 valence electrons. The summed E-state index contributed by atoms with van der Waals surface area (Å²) in [5, 5.41) is 22.9. The standard InChI is InChI=1S/C11H9N5.C5H8O2.CN.Ir/c1-4-10(15-8-2-6-12-15)14-11(5-1)16-9-3-7-13-16;1-4(6)3-5(2)7;1-2;/h1-9H;3,6H,1-2H3;;/q;;-1;/b;4-3-;;. The normalized spacial score (nSPS) is 9.62. The van der Waals surface area contributed by atoms with E-state index in [1.165, 1.54) is 19.9 Å². The molecule has 0 aliphatic carbocycles. The average molecular weight is 530 g/mol. The van der Waals surface area contributed by atoms with Crippen LogP contribution in [0.15, 0.2) is 67.0 Å². The molecule has 3 aromatic rings. The Labute approximate surface area is 164 Å². The van der Waals surface area contributed by atoms with E-state index in [2.05, 4.69) is 15.2 Å². The van der Waals surface area contributed by atoms with Gasteiger partial charge in [0.25, 0.3) is 0 Å². The zero-order valence-corrected chi connectivity index (χ0v) is 16.5. The van der Waals surface area contributed by atoms with Crippen LogP contribution in [-0.2, 0) is 24.9 Å². The fourth-order valence-corrected chi connectivity index (χ4v) is 1.77. The molecule has 1 N–H and O–H groups in total. The Morgan fingerprint density at radius 3 is 1.77 bits per heavy atom. The number of aromatic nitrogens is 5. The molecule has 0 unspecified atom stereocenters. The predicted molar refractivity (Wildman–Crippen MR) is 90.5 cm³/mol.